The molecule has 9 aromatic rings. The third kappa shape index (κ3) is 5.70. The molecule has 0 aliphatic rings. The standard InChI is InChI=1S/C45H28F3NO4S/c46-45(47,48)54(50,51)53-42-28-27-40(39-26-21-31-11-4-5-12-35(31)43(39)42)49(33-22-17-30(18-23-33)29-9-2-1-3-10-29)34-24-19-32(20-25-34)36-14-8-15-38-37-13-6-7-16-41(37)52-44(36)38/h1-28H. The summed E-state index contributed by atoms with van der Waals surface area (Å²) < 4.78 is 76.6. The van der Waals surface area contributed by atoms with Gasteiger partial charge in [0.2, 0.25) is 0 Å². The molecule has 0 unspecified atom stereocenters. The zero-order valence-corrected chi connectivity index (χ0v) is 29.1. The molecule has 0 amide bonds. The van der Waals surface area contributed by atoms with E-state index in [-0.39, 0.29) is 5.39 Å². The van der Waals surface area contributed by atoms with Crippen LogP contribution in [0.5, 0.6) is 5.75 Å². The number of para-hydroxylation sites is 2. The Kier molecular flexibility index (Phi) is 7.90. The summed E-state index contributed by atoms with van der Waals surface area (Å²) in [5, 5.41) is 4.02. The Morgan fingerprint density at radius 2 is 1.13 bits per heavy atom. The van der Waals surface area contributed by atoms with Gasteiger partial charge in [-0.05, 0) is 69.9 Å². The van der Waals surface area contributed by atoms with Crippen LogP contribution >= 0.6 is 0 Å². The van der Waals surface area contributed by atoms with Crippen molar-refractivity contribution in [1.29, 1.82) is 0 Å². The molecule has 0 saturated carbocycles. The van der Waals surface area contributed by atoms with E-state index >= 15 is 0 Å². The lowest BCUT2D eigenvalue weighted by molar-refractivity contribution is -0.0499. The summed E-state index contributed by atoms with van der Waals surface area (Å²) in [6.07, 6.45) is 0. The molecule has 0 atom stereocenters. The largest absolute Gasteiger partial charge is 0.534 e. The van der Waals surface area contributed by atoms with Crippen LogP contribution in [0.1, 0.15) is 0 Å². The molecule has 0 aliphatic heterocycles. The first-order valence-electron chi connectivity index (χ1n) is 17.1. The van der Waals surface area contributed by atoms with Crippen LogP contribution in [-0.4, -0.2) is 13.9 Å². The maximum Gasteiger partial charge on any atom is 0.534 e. The van der Waals surface area contributed by atoms with Crippen LogP contribution in [-0.2, 0) is 10.1 Å². The smallest absolute Gasteiger partial charge is 0.455 e. The van der Waals surface area contributed by atoms with Gasteiger partial charge < -0.3 is 13.5 Å². The number of benzene rings is 8. The number of nitrogens with zero attached hydrogens (tertiary/aromatic N) is 1. The summed E-state index contributed by atoms with van der Waals surface area (Å²) in [6.45, 7) is 0. The summed E-state index contributed by atoms with van der Waals surface area (Å²) in [5.41, 5.74) is 2.02. The van der Waals surface area contributed by atoms with Gasteiger partial charge in [0.15, 0.2) is 5.75 Å². The zero-order valence-electron chi connectivity index (χ0n) is 28.3. The van der Waals surface area contributed by atoms with Gasteiger partial charge in [-0.3, -0.25) is 0 Å². The second-order valence-corrected chi connectivity index (χ2v) is 14.4. The molecule has 1 heterocycles. The molecule has 0 spiro atoms. The van der Waals surface area contributed by atoms with Crippen molar-refractivity contribution >= 4 is 70.7 Å². The Hall–Kier alpha value is -6.58. The predicted octanol–water partition coefficient (Wildman–Crippen LogP) is 12.9. The Balaban J connectivity index is 1.23. The average molecular weight is 736 g/mol. The SMILES string of the molecule is O=S(=O)(Oc1ccc(N(c2ccc(-c3ccccc3)cc2)c2ccc(-c3cccc4c3oc3ccccc34)cc2)c2ccc3ccccc3c12)C(F)(F)F. The van der Waals surface area contributed by atoms with Gasteiger partial charge in [-0.25, -0.2) is 0 Å². The third-order valence-corrected chi connectivity index (χ3v) is 10.6. The number of halogens is 3. The molecule has 0 saturated heterocycles. The van der Waals surface area contributed by atoms with Crippen molar-refractivity contribution in [3.05, 3.63) is 170 Å². The van der Waals surface area contributed by atoms with Crippen molar-refractivity contribution in [3.8, 4) is 28.0 Å². The lowest BCUT2D eigenvalue weighted by Crippen LogP contribution is -2.28. The van der Waals surface area contributed by atoms with Gasteiger partial charge in [0.25, 0.3) is 0 Å². The molecule has 0 radical (unpaired) electrons. The van der Waals surface area contributed by atoms with Crippen LogP contribution in [0.2, 0.25) is 0 Å². The topological polar surface area (TPSA) is 59.8 Å². The van der Waals surface area contributed by atoms with Crippen molar-refractivity contribution in [1.82, 2.24) is 0 Å². The Labute approximate surface area is 308 Å². The van der Waals surface area contributed by atoms with Gasteiger partial charge in [0, 0.05) is 38.5 Å². The lowest BCUT2D eigenvalue weighted by atomic mass is 9.98. The predicted molar refractivity (Wildman–Crippen MR) is 210 cm³/mol. The fraction of sp³-hybridized carbons (Fsp3) is 0.0222. The van der Waals surface area contributed by atoms with E-state index in [1.54, 1.807) is 30.3 Å². The minimum atomic E-state index is -5.96. The summed E-state index contributed by atoms with van der Waals surface area (Å²) in [7, 11) is -5.96. The van der Waals surface area contributed by atoms with Crippen molar-refractivity contribution in [2.45, 2.75) is 5.51 Å². The highest BCUT2D eigenvalue weighted by molar-refractivity contribution is 7.88. The van der Waals surface area contributed by atoms with E-state index in [0.29, 0.717) is 21.8 Å². The van der Waals surface area contributed by atoms with Crippen LogP contribution < -0.4 is 9.08 Å². The number of alkyl halides is 3. The fourth-order valence-electron chi connectivity index (χ4n) is 7.13. The van der Waals surface area contributed by atoms with Crippen molar-refractivity contribution < 1.29 is 30.2 Å². The molecule has 9 rings (SSSR count). The molecule has 9 heteroatoms. The van der Waals surface area contributed by atoms with E-state index in [9.17, 15) is 21.6 Å². The summed E-state index contributed by atoms with van der Waals surface area (Å²) in [5.74, 6) is -0.420. The van der Waals surface area contributed by atoms with Crippen LogP contribution in [0.25, 0.3) is 65.7 Å². The van der Waals surface area contributed by atoms with Crippen LogP contribution in [0, 0.1) is 0 Å². The number of hydrogen-bond donors (Lipinski definition) is 0. The minimum absolute atomic E-state index is 0.234. The van der Waals surface area contributed by atoms with Gasteiger partial charge >= 0.3 is 15.6 Å². The van der Waals surface area contributed by atoms with E-state index in [0.717, 1.165) is 55.6 Å². The van der Waals surface area contributed by atoms with Gasteiger partial charge in [-0.1, -0.05) is 127 Å². The average Bonchev–Trinajstić information content (AvgIpc) is 3.58. The first-order chi connectivity index (χ1) is 26.2. The molecular formula is C45H28F3NO4S. The summed E-state index contributed by atoms with van der Waals surface area (Å²) in [4.78, 5) is 2.00. The van der Waals surface area contributed by atoms with Crippen molar-refractivity contribution in [3.63, 3.8) is 0 Å². The highest BCUT2D eigenvalue weighted by Crippen LogP contribution is 2.46. The monoisotopic (exact) mass is 735 g/mol. The van der Waals surface area contributed by atoms with E-state index in [4.69, 9.17) is 8.60 Å². The summed E-state index contributed by atoms with van der Waals surface area (Å²) >= 11 is 0. The molecule has 54 heavy (non-hydrogen) atoms. The minimum Gasteiger partial charge on any atom is -0.455 e. The molecule has 264 valence electrons. The molecule has 0 N–H and O–H groups in total. The van der Waals surface area contributed by atoms with Crippen molar-refractivity contribution in [2.24, 2.45) is 0 Å². The quantitative estimate of drug-likeness (QED) is 0.0926. The normalized spacial score (nSPS) is 12.1. The Morgan fingerprint density at radius 3 is 1.85 bits per heavy atom. The second-order valence-electron chi connectivity index (χ2n) is 12.9. The van der Waals surface area contributed by atoms with Crippen LogP contribution in [0.4, 0.5) is 30.2 Å². The first-order valence-corrected chi connectivity index (χ1v) is 18.5. The van der Waals surface area contributed by atoms with Gasteiger partial charge in [0.1, 0.15) is 11.2 Å². The molecule has 8 aromatic carbocycles. The van der Waals surface area contributed by atoms with E-state index in [1.165, 1.54) is 6.07 Å². The zero-order chi connectivity index (χ0) is 37.0. The van der Waals surface area contributed by atoms with E-state index in [2.05, 4.69) is 0 Å². The Morgan fingerprint density at radius 1 is 0.519 bits per heavy atom. The highest BCUT2D eigenvalue weighted by Gasteiger charge is 2.48. The van der Waals surface area contributed by atoms with E-state index < -0.39 is 21.4 Å². The first kappa shape index (κ1) is 33.3. The van der Waals surface area contributed by atoms with E-state index in [1.807, 2.05) is 138 Å². The molecule has 5 nitrogen and oxygen atoms in total. The lowest BCUT2D eigenvalue weighted by Gasteiger charge is -2.28. The highest BCUT2D eigenvalue weighted by atomic mass is 32.2. The maximum absolute atomic E-state index is 13.6. The van der Waals surface area contributed by atoms with Crippen molar-refractivity contribution in [2.75, 3.05) is 4.90 Å². The maximum atomic E-state index is 13.6. The van der Waals surface area contributed by atoms with Gasteiger partial charge in [0.05, 0.1) is 5.69 Å². The summed E-state index contributed by atoms with van der Waals surface area (Å²) in [6, 6.07) is 53.5. The number of hydrogen-bond acceptors (Lipinski definition) is 5. The molecule has 0 aliphatic carbocycles. The number of fused-ring (bicyclic) bond motifs is 6. The molecule has 1 aromatic heterocycles. The van der Waals surface area contributed by atoms with Gasteiger partial charge in [-0.2, -0.15) is 21.6 Å². The number of furan rings is 1. The molecule has 0 fully saturated rings. The third-order valence-electron chi connectivity index (χ3n) is 9.64. The molecule has 0 bridgehead atoms. The number of rotatable bonds is 7. The van der Waals surface area contributed by atoms with Crippen LogP contribution in [0.15, 0.2) is 174 Å². The van der Waals surface area contributed by atoms with Crippen LogP contribution in [0.3, 0.4) is 0 Å². The number of anilines is 3. The second kappa shape index (κ2) is 12.8. The fourth-order valence-corrected chi connectivity index (χ4v) is 7.60. The molecular weight excluding hydrogens is 708 g/mol. The van der Waals surface area contributed by atoms with Gasteiger partial charge in [-0.15, -0.1) is 0 Å². The Bertz CT molecular complexity index is 2960.